The number of nitrogens with one attached hydrogen (secondary N) is 2. The molecule has 3 rings (SSSR count). The van der Waals surface area contributed by atoms with Gasteiger partial charge in [0.15, 0.2) is 0 Å². The van der Waals surface area contributed by atoms with Crippen molar-refractivity contribution in [1.29, 1.82) is 0 Å². The summed E-state index contributed by atoms with van der Waals surface area (Å²) in [5.41, 5.74) is 3.69. The lowest BCUT2D eigenvalue weighted by Crippen LogP contribution is -2.37. The van der Waals surface area contributed by atoms with Gasteiger partial charge >= 0.3 is 11.7 Å². The molecule has 0 bridgehead atoms. The second kappa shape index (κ2) is 7.71. The van der Waals surface area contributed by atoms with Crippen molar-refractivity contribution < 1.29 is 4.79 Å². The Morgan fingerprint density at radius 1 is 1.18 bits per heavy atom. The number of urea groups is 1. The van der Waals surface area contributed by atoms with E-state index in [1.165, 1.54) is 0 Å². The number of amides is 2. The molecule has 148 valence electrons. The molecule has 1 aromatic carbocycles. The molecule has 2 amide bonds. The Labute approximate surface area is 163 Å². The minimum atomic E-state index is -0.320. The third-order valence-electron chi connectivity index (χ3n) is 4.63. The Morgan fingerprint density at radius 2 is 1.86 bits per heavy atom. The molecule has 1 atom stereocenters. The van der Waals surface area contributed by atoms with E-state index in [9.17, 15) is 9.59 Å². The zero-order valence-corrected chi connectivity index (χ0v) is 16.7. The Hall–Kier alpha value is -3.36. The van der Waals surface area contributed by atoms with Gasteiger partial charge in [-0.25, -0.2) is 9.59 Å². The van der Waals surface area contributed by atoms with Crippen molar-refractivity contribution in [2.75, 3.05) is 24.3 Å². The van der Waals surface area contributed by atoms with E-state index in [1.807, 2.05) is 38.1 Å². The van der Waals surface area contributed by atoms with E-state index in [4.69, 9.17) is 0 Å². The minimum absolute atomic E-state index is 0.112. The number of imidazole rings is 1. The lowest BCUT2D eigenvalue weighted by atomic mass is 10.2. The number of rotatable bonds is 5. The third-order valence-corrected chi connectivity index (χ3v) is 4.63. The number of aromatic nitrogens is 4. The number of carbonyl (C=O) groups excluding carboxylic acids is 1. The topological polar surface area (TPSA) is 97.1 Å². The zero-order chi connectivity index (χ0) is 20.4. The third kappa shape index (κ3) is 3.83. The van der Waals surface area contributed by atoms with Gasteiger partial charge in [0.1, 0.15) is 0 Å². The molecule has 0 unspecified atom stereocenters. The van der Waals surface area contributed by atoms with Gasteiger partial charge in [-0.1, -0.05) is 0 Å². The van der Waals surface area contributed by atoms with Crippen molar-refractivity contribution >= 4 is 28.4 Å². The van der Waals surface area contributed by atoms with Crippen molar-refractivity contribution in [3.05, 3.63) is 46.9 Å². The van der Waals surface area contributed by atoms with Gasteiger partial charge < -0.3 is 15.5 Å². The van der Waals surface area contributed by atoms with Gasteiger partial charge in [0.25, 0.3) is 0 Å². The predicted octanol–water partition coefficient (Wildman–Crippen LogP) is 1.49. The molecule has 9 heteroatoms. The molecule has 9 nitrogen and oxygen atoms in total. The highest BCUT2D eigenvalue weighted by Crippen LogP contribution is 2.29. The first-order valence-electron chi connectivity index (χ1n) is 8.97. The summed E-state index contributed by atoms with van der Waals surface area (Å²) in [4.78, 5) is 34.9. The van der Waals surface area contributed by atoms with E-state index < -0.39 is 0 Å². The number of benzene rings is 1. The highest BCUT2D eigenvalue weighted by atomic mass is 16.2. The van der Waals surface area contributed by atoms with Gasteiger partial charge in [-0.05, 0) is 19.1 Å². The minimum Gasteiger partial charge on any atom is -0.376 e. The summed E-state index contributed by atoms with van der Waals surface area (Å²) in [5, 5.41) is 5.82. The fourth-order valence-corrected chi connectivity index (χ4v) is 3.19. The molecule has 2 N–H and O–H groups in total. The van der Waals surface area contributed by atoms with E-state index in [0.29, 0.717) is 12.1 Å². The molecule has 0 aliphatic heterocycles. The van der Waals surface area contributed by atoms with Crippen LogP contribution in [0.1, 0.15) is 12.6 Å². The molecule has 0 saturated carbocycles. The average Bonchev–Trinajstić information content (AvgIpc) is 2.85. The average molecular weight is 383 g/mol. The number of carbonyl (C=O) groups is 1. The van der Waals surface area contributed by atoms with Crippen LogP contribution in [0.15, 0.2) is 35.5 Å². The number of hydrogen-bond acceptors (Lipinski definition) is 5. The summed E-state index contributed by atoms with van der Waals surface area (Å²) >= 11 is 0. The summed E-state index contributed by atoms with van der Waals surface area (Å²) in [6.07, 6.45) is 5.51. The first-order chi connectivity index (χ1) is 13.3. The molecule has 3 aromatic rings. The number of nitrogens with zero attached hydrogens (tertiary/aromatic N) is 5. The number of fused-ring (bicyclic) bond motifs is 1. The standard InChI is InChI=1S/C19H25N7O2/c1-12(8-13-11-20-6-7-21-13)22-18(27)23-14-9-16-17(10-15(14)24(2)3)26(5)19(28)25(16)4/h6-7,9-12H,8H2,1-5H3,(H2,22,23,27)/t12-/m0/s1. The van der Waals surface area contributed by atoms with Crippen LogP contribution in [-0.4, -0.2) is 45.3 Å². The largest absolute Gasteiger partial charge is 0.376 e. The van der Waals surface area contributed by atoms with Gasteiger partial charge in [0.05, 0.1) is 28.1 Å². The fraction of sp³-hybridized carbons (Fsp3) is 0.368. The van der Waals surface area contributed by atoms with Gasteiger partial charge in [0.2, 0.25) is 0 Å². The number of aryl methyl sites for hydroxylation is 2. The first kappa shape index (κ1) is 19.4. The predicted molar refractivity (Wildman–Crippen MR) is 110 cm³/mol. The summed E-state index contributed by atoms with van der Waals surface area (Å²) in [5.74, 6) is 0. The summed E-state index contributed by atoms with van der Waals surface area (Å²) < 4.78 is 3.16. The van der Waals surface area contributed by atoms with E-state index in [1.54, 1.807) is 41.8 Å². The maximum atomic E-state index is 12.5. The number of hydrogen-bond donors (Lipinski definition) is 2. The van der Waals surface area contributed by atoms with Crippen LogP contribution in [-0.2, 0) is 20.5 Å². The van der Waals surface area contributed by atoms with Crippen LogP contribution in [0.5, 0.6) is 0 Å². The van der Waals surface area contributed by atoms with Crippen LogP contribution < -0.4 is 21.2 Å². The molecule has 0 aliphatic rings. The second-order valence-corrected chi connectivity index (χ2v) is 7.05. The molecule has 0 spiro atoms. The van der Waals surface area contributed by atoms with Crippen LogP contribution in [0.2, 0.25) is 0 Å². The van der Waals surface area contributed by atoms with Crippen LogP contribution >= 0.6 is 0 Å². The first-order valence-corrected chi connectivity index (χ1v) is 8.97. The van der Waals surface area contributed by atoms with Crippen LogP contribution in [0, 0.1) is 0 Å². The van der Waals surface area contributed by atoms with Crippen molar-refractivity contribution in [3.8, 4) is 0 Å². The molecule has 0 radical (unpaired) electrons. The lowest BCUT2D eigenvalue weighted by Gasteiger charge is -2.20. The lowest BCUT2D eigenvalue weighted by molar-refractivity contribution is 0.249. The maximum absolute atomic E-state index is 12.5. The van der Waals surface area contributed by atoms with Gasteiger partial charge in [-0.2, -0.15) is 0 Å². The molecule has 0 aliphatic carbocycles. The molecule has 0 saturated heterocycles. The van der Waals surface area contributed by atoms with E-state index >= 15 is 0 Å². The van der Waals surface area contributed by atoms with E-state index in [0.717, 1.165) is 22.4 Å². The van der Waals surface area contributed by atoms with Crippen molar-refractivity contribution in [2.45, 2.75) is 19.4 Å². The molecular weight excluding hydrogens is 358 g/mol. The van der Waals surface area contributed by atoms with E-state index in [2.05, 4.69) is 20.6 Å². The normalized spacial score (nSPS) is 12.0. The highest BCUT2D eigenvalue weighted by molar-refractivity contribution is 5.97. The SMILES string of the molecule is C[C@@H](Cc1cnccn1)NC(=O)Nc1cc2c(cc1N(C)C)n(C)c(=O)n2C. The van der Waals surface area contributed by atoms with Crippen LogP contribution in [0.4, 0.5) is 16.2 Å². The Bertz CT molecular complexity index is 1050. The quantitative estimate of drug-likeness (QED) is 0.696. The smallest absolute Gasteiger partial charge is 0.328 e. The Kier molecular flexibility index (Phi) is 5.34. The van der Waals surface area contributed by atoms with Gasteiger partial charge in [-0.3, -0.25) is 19.1 Å². The van der Waals surface area contributed by atoms with Gasteiger partial charge in [0, 0.05) is 59.2 Å². The summed E-state index contributed by atoms with van der Waals surface area (Å²) in [7, 11) is 7.23. The molecule has 2 heterocycles. The van der Waals surface area contributed by atoms with E-state index in [-0.39, 0.29) is 17.8 Å². The number of anilines is 2. The fourth-order valence-electron chi connectivity index (χ4n) is 3.19. The highest BCUT2D eigenvalue weighted by Gasteiger charge is 2.16. The molecular formula is C19H25N7O2. The zero-order valence-electron chi connectivity index (χ0n) is 16.7. The monoisotopic (exact) mass is 383 g/mol. The summed E-state index contributed by atoms with van der Waals surface area (Å²) in [6.45, 7) is 1.91. The van der Waals surface area contributed by atoms with Crippen LogP contribution in [0.25, 0.3) is 11.0 Å². The summed E-state index contributed by atoms with van der Waals surface area (Å²) in [6, 6.07) is 3.28. The second-order valence-electron chi connectivity index (χ2n) is 7.05. The molecule has 28 heavy (non-hydrogen) atoms. The Morgan fingerprint density at radius 3 is 2.46 bits per heavy atom. The maximum Gasteiger partial charge on any atom is 0.328 e. The molecule has 2 aromatic heterocycles. The van der Waals surface area contributed by atoms with Crippen LogP contribution in [0.3, 0.4) is 0 Å². The van der Waals surface area contributed by atoms with Crippen molar-refractivity contribution in [1.82, 2.24) is 24.4 Å². The van der Waals surface area contributed by atoms with Crippen molar-refractivity contribution in [3.63, 3.8) is 0 Å². The van der Waals surface area contributed by atoms with Crippen molar-refractivity contribution in [2.24, 2.45) is 14.1 Å². The van der Waals surface area contributed by atoms with Gasteiger partial charge in [-0.15, -0.1) is 0 Å². The Balaban J connectivity index is 1.82. The molecule has 0 fully saturated rings.